The van der Waals surface area contributed by atoms with E-state index >= 15 is 0 Å². The van der Waals surface area contributed by atoms with Crippen molar-refractivity contribution in [1.29, 1.82) is 0 Å². The minimum absolute atomic E-state index is 0.617. The number of fused-ring (bicyclic) bond motifs is 1. The molecule has 0 unspecified atom stereocenters. The fourth-order valence-electron chi connectivity index (χ4n) is 2.03. The predicted octanol–water partition coefficient (Wildman–Crippen LogP) is 3.77. The summed E-state index contributed by atoms with van der Waals surface area (Å²) in [5, 5.41) is 0. The van der Waals surface area contributed by atoms with Gasteiger partial charge in [0.05, 0.1) is 0 Å². The lowest BCUT2D eigenvalue weighted by Gasteiger charge is -2.18. The zero-order valence-corrected chi connectivity index (χ0v) is 10.1. The van der Waals surface area contributed by atoms with Crippen LogP contribution >= 0.6 is 0 Å². The average molecular weight is 238 g/mol. The molecule has 2 nitrogen and oxygen atoms in total. The van der Waals surface area contributed by atoms with Crippen LogP contribution in [0.15, 0.2) is 49.0 Å². The summed E-state index contributed by atoms with van der Waals surface area (Å²) in [5.41, 5.74) is 3.42. The topological polar surface area (TPSA) is 18.5 Å². The third-order valence-electron chi connectivity index (χ3n) is 3.02. The van der Waals surface area contributed by atoms with Crippen LogP contribution in [-0.2, 0) is 0 Å². The van der Waals surface area contributed by atoms with E-state index in [0.717, 1.165) is 28.2 Å². The van der Waals surface area contributed by atoms with Gasteiger partial charge in [-0.25, -0.2) is 0 Å². The number of hydrogen-bond acceptors (Lipinski definition) is 2. The quantitative estimate of drug-likeness (QED) is 0.793. The monoisotopic (exact) mass is 238 g/mol. The third-order valence-corrected chi connectivity index (χ3v) is 3.02. The van der Waals surface area contributed by atoms with Crippen molar-refractivity contribution in [2.24, 2.45) is 0 Å². The van der Waals surface area contributed by atoms with Gasteiger partial charge in [-0.15, -0.1) is 0 Å². The first-order valence-corrected chi connectivity index (χ1v) is 5.99. The van der Waals surface area contributed by atoms with Crippen molar-refractivity contribution in [1.82, 2.24) is 0 Å². The molecule has 1 heterocycles. The Balaban J connectivity index is 1.98. The molecule has 0 spiro atoms. The maximum atomic E-state index is 5.59. The number of rotatable bonds is 2. The smallest absolute Gasteiger partial charge is 0.161 e. The Bertz CT molecular complexity index is 570. The average Bonchev–Trinajstić information content (AvgIpc) is 2.47. The second-order valence-electron chi connectivity index (χ2n) is 4.18. The third kappa shape index (κ3) is 1.97. The molecule has 0 amide bonds. The number of benzene rings is 2. The molecule has 0 saturated heterocycles. The molecule has 2 aromatic rings. The highest BCUT2D eigenvalue weighted by molar-refractivity contribution is 5.68. The van der Waals surface area contributed by atoms with Crippen molar-refractivity contribution in [3.8, 4) is 22.6 Å². The molecule has 1 aliphatic rings. The molecule has 0 fully saturated rings. The molecule has 0 atom stereocenters. The largest absolute Gasteiger partial charge is 0.486 e. The van der Waals surface area contributed by atoms with Crippen LogP contribution in [-0.4, -0.2) is 13.2 Å². The van der Waals surface area contributed by atoms with Gasteiger partial charge in [0.25, 0.3) is 0 Å². The molecule has 1 aliphatic heterocycles. The van der Waals surface area contributed by atoms with Gasteiger partial charge in [-0.1, -0.05) is 43.0 Å². The van der Waals surface area contributed by atoms with Crippen LogP contribution in [0.2, 0.25) is 0 Å². The highest BCUT2D eigenvalue weighted by Crippen LogP contribution is 2.34. The van der Waals surface area contributed by atoms with Crippen LogP contribution in [0.5, 0.6) is 11.5 Å². The van der Waals surface area contributed by atoms with Crippen molar-refractivity contribution in [2.75, 3.05) is 13.2 Å². The summed E-state index contributed by atoms with van der Waals surface area (Å²) in [4.78, 5) is 0. The fourth-order valence-corrected chi connectivity index (χ4v) is 2.03. The molecular formula is C16H14O2. The van der Waals surface area contributed by atoms with E-state index in [9.17, 15) is 0 Å². The molecule has 0 aromatic heterocycles. The Labute approximate surface area is 106 Å². The van der Waals surface area contributed by atoms with Crippen molar-refractivity contribution in [3.63, 3.8) is 0 Å². The van der Waals surface area contributed by atoms with E-state index in [1.165, 1.54) is 0 Å². The van der Waals surface area contributed by atoms with Crippen LogP contribution in [0.1, 0.15) is 5.56 Å². The molecule has 18 heavy (non-hydrogen) atoms. The fraction of sp³-hybridized carbons (Fsp3) is 0.125. The number of ether oxygens (including phenoxy) is 2. The minimum Gasteiger partial charge on any atom is -0.486 e. The predicted molar refractivity (Wildman–Crippen MR) is 73.0 cm³/mol. The highest BCUT2D eigenvalue weighted by Gasteiger charge is 2.12. The Kier molecular flexibility index (Phi) is 2.77. The lowest BCUT2D eigenvalue weighted by molar-refractivity contribution is 0.171. The first-order valence-electron chi connectivity index (χ1n) is 5.99. The van der Waals surface area contributed by atoms with E-state index in [2.05, 4.69) is 36.9 Å². The van der Waals surface area contributed by atoms with Gasteiger partial charge in [0, 0.05) is 0 Å². The molecule has 0 saturated carbocycles. The van der Waals surface area contributed by atoms with Crippen LogP contribution < -0.4 is 9.47 Å². The number of hydrogen-bond donors (Lipinski definition) is 0. The molecule has 0 bridgehead atoms. The molecule has 3 rings (SSSR count). The van der Waals surface area contributed by atoms with Crippen LogP contribution in [0.3, 0.4) is 0 Å². The Morgan fingerprint density at radius 3 is 2.22 bits per heavy atom. The van der Waals surface area contributed by atoms with Gasteiger partial charge < -0.3 is 9.47 Å². The van der Waals surface area contributed by atoms with Crippen molar-refractivity contribution >= 4 is 6.08 Å². The van der Waals surface area contributed by atoms with E-state index in [0.29, 0.717) is 13.2 Å². The molecular weight excluding hydrogens is 224 g/mol. The maximum absolute atomic E-state index is 5.59. The molecule has 0 aliphatic carbocycles. The first kappa shape index (κ1) is 10.9. The Morgan fingerprint density at radius 1 is 0.833 bits per heavy atom. The van der Waals surface area contributed by atoms with E-state index < -0.39 is 0 Å². The second kappa shape index (κ2) is 4.57. The summed E-state index contributed by atoms with van der Waals surface area (Å²) >= 11 is 0. The van der Waals surface area contributed by atoms with E-state index in [-0.39, 0.29) is 0 Å². The Hall–Kier alpha value is -2.22. The van der Waals surface area contributed by atoms with Crippen molar-refractivity contribution in [3.05, 3.63) is 54.6 Å². The van der Waals surface area contributed by atoms with Gasteiger partial charge in [-0.2, -0.15) is 0 Å². The second-order valence-corrected chi connectivity index (χ2v) is 4.18. The SMILES string of the molecule is C=Cc1ccc(-c2ccc3c(c2)OCCO3)cc1. The zero-order chi connectivity index (χ0) is 12.4. The standard InChI is InChI=1S/C16H14O2/c1-2-12-3-5-13(6-4-12)14-7-8-15-16(11-14)18-10-9-17-15/h2-8,11H,1,9-10H2. The summed E-state index contributed by atoms with van der Waals surface area (Å²) in [7, 11) is 0. The summed E-state index contributed by atoms with van der Waals surface area (Å²) in [6, 6.07) is 14.3. The molecule has 0 radical (unpaired) electrons. The normalized spacial score (nSPS) is 13.1. The summed E-state index contributed by atoms with van der Waals surface area (Å²) in [6.07, 6.45) is 1.84. The molecule has 0 N–H and O–H groups in total. The molecule has 90 valence electrons. The summed E-state index contributed by atoms with van der Waals surface area (Å²) < 4.78 is 11.1. The lowest BCUT2D eigenvalue weighted by atomic mass is 10.0. The van der Waals surface area contributed by atoms with Gasteiger partial charge in [-0.05, 0) is 28.8 Å². The Morgan fingerprint density at radius 2 is 1.50 bits per heavy atom. The van der Waals surface area contributed by atoms with Crippen LogP contribution in [0.25, 0.3) is 17.2 Å². The summed E-state index contributed by atoms with van der Waals surface area (Å²) in [5.74, 6) is 1.65. The van der Waals surface area contributed by atoms with Gasteiger partial charge in [0.1, 0.15) is 13.2 Å². The first-order chi connectivity index (χ1) is 8.86. The molecule has 2 aromatic carbocycles. The highest BCUT2D eigenvalue weighted by atomic mass is 16.6. The van der Waals surface area contributed by atoms with Gasteiger partial charge in [0.15, 0.2) is 11.5 Å². The maximum Gasteiger partial charge on any atom is 0.161 e. The van der Waals surface area contributed by atoms with Crippen LogP contribution in [0.4, 0.5) is 0 Å². The van der Waals surface area contributed by atoms with Crippen molar-refractivity contribution < 1.29 is 9.47 Å². The van der Waals surface area contributed by atoms with E-state index in [1.54, 1.807) is 0 Å². The van der Waals surface area contributed by atoms with Gasteiger partial charge in [0.2, 0.25) is 0 Å². The van der Waals surface area contributed by atoms with Gasteiger partial charge >= 0.3 is 0 Å². The van der Waals surface area contributed by atoms with Crippen molar-refractivity contribution in [2.45, 2.75) is 0 Å². The lowest BCUT2D eigenvalue weighted by Crippen LogP contribution is -2.15. The molecule has 2 heteroatoms. The van der Waals surface area contributed by atoms with Gasteiger partial charge in [-0.3, -0.25) is 0 Å². The summed E-state index contributed by atoms with van der Waals surface area (Å²) in [6.45, 7) is 5.00. The van der Waals surface area contributed by atoms with E-state index in [4.69, 9.17) is 9.47 Å². The van der Waals surface area contributed by atoms with Crippen LogP contribution in [0, 0.1) is 0 Å². The minimum atomic E-state index is 0.617. The zero-order valence-electron chi connectivity index (χ0n) is 10.1. The van der Waals surface area contributed by atoms with E-state index in [1.807, 2.05) is 18.2 Å².